The zero-order valence-electron chi connectivity index (χ0n) is 15.4. The summed E-state index contributed by atoms with van der Waals surface area (Å²) >= 11 is 0. The lowest BCUT2D eigenvalue weighted by atomic mass is 10.1. The van der Waals surface area contributed by atoms with Gasteiger partial charge in [-0.3, -0.25) is 4.79 Å². The van der Waals surface area contributed by atoms with Crippen molar-refractivity contribution >= 4 is 22.7 Å². The Morgan fingerprint density at radius 1 is 0.964 bits per heavy atom. The van der Waals surface area contributed by atoms with Crippen LogP contribution < -0.4 is 14.8 Å². The van der Waals surface area contributed by atoms with E-state index in [2.05, 4.69) is 10.3 Å². The topological polar surface area (TPSA) is 73.6 Å². The Hall–Kier alpha value is -3.80. The number of ether oxygens (including phenoxy) is 2. The number of benzene rings is 3. The number of hydrogen-bond donors (Lipinski definition) is 1. The fourth-order valence-electron chi connectivity index (χ4n) is 2.89. The van der Waals surface area contributed by atoms with Crippen molar-refractivity contribution in [1.29, 1.82) is 0 Å². The molecule has 1 heterocycles. The fraction of sp³-hybridized carbons (Fsp3) is 0.0909. The van der Waals surface area contributed by atoms with Crippen LogP contribution in [0.4, 0.5) is 5.69 Å². The van der Waals surface area contributed by atoms with E-state index in [1.54, 1.807) is 50.6 Å². The van der Waals surface area contributed by atoms with Crippen LogP contribution >= 0.6 is 0 Å². The zero-order valence-corrected chi connectivity index (χ0v) is 15.4. The van der Waals surface area contributed by atoms with E-state index >= 15 is 0 Å². The van der Waals surface area contributed by atoms with Crippen LogP contribution in [-0.2, 0) is 0 Å². The number of carbonyl (C=O) groups is 1. The second-order valence-electron chi connectivity index (χ2n) is 6.09. The number of hydrogen-bond acceptors (Lipinski definition) is 5. The summed E-state index contributed by atoms with van der Waals surface area (Å²) in [5, 5.41) is 2.88. The number of aromatic nitrogens is 1. The maximum absolute atomic E-state index is 12.7. The summed E-state index contributed by atoms with van der Waals surface area (Å²) in [6, 6.07) is 19.9. The molecule has 1 amide bonds. The summed E-state index contributed by atoms with van der Waals surface area (Å²) in [4.78, 5) is 17.2. The van der Waals surface area contributed by atoms with E-state index in [0.717, 1.165) is 11.1 Å². The largest absolute Gasteiger partial charge is 0.497 e. The molecule has 0 spiro atoms. The van der Waals surface area contributed by atoms with Gasteiger partial charge in [-0.05, 0) is 48.5 Å². The van der Waals surface area contributed by atoms with Gasteiger partial charge in [-0.25, -0.2) is 4.98 Å². The number of para-hydroxylation sites is 2. The van der Waals surface area contributed by atoms with Crippen molar-refractivity contribution in [3.05, 3.63) is 72.3 Å². The van der Waals surface area contributed by atoms with Gasteiger partial charge in [-0.2, -0.15) is 0 Å². The number of methoxy groups -OCH3 is 2. The molecule has 0 fully saturated rings. The van der Waals surface area contributed by atoms with Gasteiger partial charge in [-0.15, -0.1) is 0 Å². The molecule has 0 saturated carbocycles. The van der Waals surface area contributed by atoms with Gasteiger partial charge in [0, 0.05) is 11.1 Å². The monoisotopic (exact) mass is 374 g/mol. The third-order valence-electron chi connectivity index (χ3n) is 4.32. The second kappa shape index (κ2) is 7.44. The Kier molecular flexibility index (Phi) is 4.68. The lowest BCUT2D eigenvalue weighted by Crippen LogP contribution is -2.12. The van der Waals surface area contributed by atoms with E-state index in [1.807, 2.05) is 30.3 Å². The van der Waals surface area contributed by atoms with Crippen molar-refractivity contribution in [3.8, 4) is 23.0 Å². The Morgan fingerprint density at radius 2 is 1.82 bits per heavy atom. The van der Waals surface area contributed by atoms with Crippen LogP contribution in [0.1, 0.15) is 10.4 Å². The minimum atomic E-state index is -0.271. The van der Waals surface area contributed by atoms with Gasteiger partial charge in [0.1, 0.15) is 17.0 Å². The van der Waals surface area contributed by atoms with Gasteiger partial charge in [-0.1, -0.05) is 18.2 Å². The Balaban J connectivity index is 1.67. The molecule has 0 saturated heterocycles. The summed E-state index contributed by atoms with van der Waals surface area (Å²) in [6.07, 6.45) is 0. The number of nitrogens with zero attached hydrogens (tertiary/aromatic N) is 1. The number of nitrogens with one attached hydrogen (secondary N) is 1. The van der Waals surface area contributed by atoms with Gasteiger partial charge in [0.25, 0.3) is 5.91 Å². The Bertz CT molecular complexity index is 1120. The minimum absolute atomic E-state index is 0.271. The average Bonchev–Trinajstić information content (AvgIpc) is 3.18. The van der Waals surface area contributed by atoms with Crippen molar-refractivity contribution in [1.82, 2.24) is 4.98 Å². The molecule has 140 valence electrons. The zero-order chi connectivity index (χ0) is 19.5. The number of amides is 1. The Morgan fingerprint density at radius 3 is 2.61 bits per heavy atom. The maximum atomic E-state index is 12.7. The number of oxazole rings is 1. The first kappa shape index (κ1) is 17.6. The van der Waals surface area contributed by atoms with Crippen molar-refractivity contribution in [2.45, 2.75) is 0 Å². The molecule has 0 radical (unpaired) electrons. The highest BCUT2D eigenvalue weighted by Crippen LogP contribution is 2.32. The number of rotatable bonds is 5. The molecule has 0 aliphatic rings. The fourth-order valence-corrected chi connectivity index (χ4v) is 2.89. The van der Waals surface area contributed by atoms with Crippen LogP contribution in [-0.4, -0.2) is 25.1 Å². The highest BCUT2D eigenvalue weighted by Gasteiger charge is 2.14. The van der Waals surface area contributed by atoms with Gasteiger partial charge in [0.15, 0.2) is 5.58 Å². The molecule has 28 heavy (non-hydrogen) atoms. The molecule has 0 bridgehead atoms. The summed E-state index contributed by atoms with van der Waals surface area (Å²) < 4.78 is 16.4. The first-order valence-corrected chi connectivity index (χ1v) is 8.67. The predicted octanol–water partition coefficient (Wildman–Crippen LogP) is 4.76. The van der Waals surface area contributed by atoms with E-state index in [1.165, 1.54) is 0 Å². The third kappa shape index (κ3) is 3.40. The number of carbonyl (C=O) groups excluding carboxylic acids is 1. The Labute approximate surface area is 161 Å². The average molecular weight is 374 g/mol. The van der Waals surface area contributed by atoms with Crippen LogP contribution in [0.5, 0.6) is 11.5 Å². The molecule has 3 aromatic carbocycles. The number of fused-ring (bicyclic) bond motifs is 1. The van der Waals surface area contributed by atoms with Gasteiger partial charge < -0.3 is 19.2 Å². The molecule has 6 heteroatoms. The molecule has 0 aliphatic carbocycles. The summed E-state index contributed by atoms with van der Waals surface area (Å²) in [6.45, 7) is 0. The van der Waals surface area contributed by atoms with Crippen LogP contribution in [0, 0.1) is 0 Å². The summed E-state index contributed by atoms with van der Waals surface area (Å²) in [7, 11) is 3.11. The van der Waals surface area contributed by atoms with Crippen molar-refractivity contribution < 1.29 is 18.7 Å². The van der Waals surface area contributed by atoms with Crippen LogP contribution in [0.3, 0.4) is 0 Å². The lowest BCUT2D eigenvalue weighted by molar-refractivity contribution is 0.102. The standard InChI is InChI=1S/C22H18N2O4/c1-26-16-7-5-6-14(12-16)21(25)23-18-13-15(10-11-19(18)27-2)22-24-17-8-3-4-9-20(17)28-22/h3-13H,1-2H3,(H,23,25). The molecule has 4 rings (SSSR count). The quantitative estimate of drug-likeness (QED) is 0.545. The second-order valence-corrected chi connectivity index (χ2v) is 6.09. The predicted molar refractivity (Wildman–Crippen MR) is 107 cm³/mol. The van der Waals surface area contributed by atoms with E-state index < -0.39 is 0 Å². The first-order chi connectivity index (χ1) is 13.7. The molecule has 0 atom stereocenters. The SMILES string of the molecule is COc1cccc(C(=O)Nc2cc(-c3nc4ccccc4o3)ccc2OC)c1. The highest BCUT2D eigenvalue weighted by atomic mass is 16.5. The molecule has 4 aromatic rings. The first-order valence-electron chi connectivity index (χ1n) is 8.67. The van der Waals surface area contributed by atoms with Crippen molar-refractivity contribution in [2.24, 2.45) is 0 Å². The maximum Gasteiger partial charge on any atom is 0.255 e. The van der Waals surface area contributed by atoms with Crippen molar-refractivity contribution in [2.75, 3.05) is 19.5 Å². The number of anilines is 1. The van der Waals surface area contributed by atoms with Gasteiger partial charge in [0.2, 0.25) is 5.89 Å². The molecule has 0 aliphatic heterocycles. The van der Waals surface area contributed by atoms with E-state index in [4.69, 9.17) is 13.9 Å². The van der Waals surface area contributed by atoms with Gasteiger partial charge in [0.05, 0.1) is 19.9 Å². The molecule has 1 aromatic heterocycles. The van der Waals surface area contributed by atoms with E-state index in [9.17, 15) is 4.79 Å². The lowest BCUT2D eigenvalue weighted by Gasteiger charge is -2.12. The third-order valence-corrected chi connectivity index (χ3v) is 4.32. The molecule has 1 N–H and O–H groups in total. The van der Waals surface area contributed by atoms with E-state index in [0.29, 0.717) is 34.2 Å². The molecular weight excluding hydrogens is 356 g/mol. The van der Waals surface area contributed by atoms with Crippen molar-refractivity contribution in [3.63, 3.8) is 0 Å². The molecular formula is C22H18N2O4. The normalized spacial score (nSPS) is 10.6. The molecule has 6 nitrogen and oxygen atoms in total. The van der Waals surface area contributed by atoms with Crippen LogP contribution in [0.15, 0.2) is 71.1 Å². The van der Waals surface area contributed by atoms with Gasteiger partial charge >= 0.3 is 0 Å². The van der Waals surface area contributed by atoms with Crippen LogP contribution in [0.25, 0.3) is 22.6 Å². The minimum Gasteiger partial charge on any atom is -0.497 e. The molecule has 0 unspecified atom stereocenters. The highest BCUT2D eigenvalue weighted by molar-refractivity contribution is 6.05. The van der Waals surface area contributed by atoms with Crippen LogP contribution in [0.2, 0.25) is 0 Å². The summed E-state index contributed by atoms with van der Waals surface area (Å²) in [5.41, 5.74) is 3.22. The van der Waals surface area contributed by atoms with E-state index in [-0.39, 0.29) is 5.91 Å². The smallest absolute Gasteiger partial charge is 0.255 e. The summed E-state index contributed by atoms with van der Waals surface area (Å²) in [5.74, 6) is 1.35.